The first-order valence-corrected chi connectivity index (χ1v) is 7.89. The Morgan fingerprint density at radius 3 is 2.30 bits per heavy atom. The number of nitrogens with zero attached hydrogens (tertiary/aromatic N) is 1. The van der Waals surface area contributed by atoms with Crippen molar-refractivity contribution >= 4 is 11.9 Å². The van der Waals surface area contributed by atoms with Crippen LogP contribution in [-0.2, 0) is 25.7 Å². The van der Waals surface area contributed by atoms with Crippen LogP contribution in [0.2, 0.25) is 0 Å². The summed E-state index contributed by atoms with van der Waals surface area (Å²) in [6.07, 6.45) is 0. The fourth-order valence-electron chi connectivity index (χ4n) is 2.06. The third-order valence-electron chi connectivity index (χ3n) is 3.27. The van der Waals surface area contributed by atoms with E-state index >= 15 is 0 Å². The highest BCUT2D eigenvalue weighted by molar-refractivity contribution is 5.77. The standard InChI is InChI=1S/C18H27NO4/c1-6-19(12-16(20)23-18(3,4)5)14(2)17(21)22-13-15-10-8-7-9-11-15/h7-11,14H,6,12-13H2,1-5H3/t14-/m1/s1. The summed E-state index contributed by atoms with van der Waals surface area (Å²) in [5.74, 6) is -0.693. The topological polar surface area (TPSA) is 55.8 Å². The average Bonchev–Trinajstić information content (AvgIpc) is 2.48. The molecule has 0 bridgehead atoms. The van der Waals surface area contributed by atoms with Crippen LogP contribution in [0.25, 0.3) is 0 Å². The van der Waals surface area contributed by atoms with Crippen LogP contribution in [0.3, 0.4) is 0 Å². The number of esters is 2. The van der Waals surface area contributed by atoms with Gasteiger partial charge in [0, 0.05) is 0 Å². The Bertz CT molecular complexity index is 508. The molecule has 0 aliphatic carbocycles. The van der Waals surface area contributed by atoms with Crippen molar-refractivity contribution in [2.24, 2.45) is 0 Å². The van der Waals surface area contributed by atoms with Crippen molar-refractivity contribution in [2.75, 3.05) is 13.1 Å². The van der Waals surface area contributed by atoms with Crippen LogP contribution in [0.5, 0.6) is 0 Å². The van der Waals surface area contributed by atoms with Gasteiger partial charge in [0.1, 0.15) is 18.2 Å². The van der Waals surface area contributed by atoms with Crippen molar-refractivity contribution in [1.82, 2.24) is 4.90 Å². The Labute approximate surface area is 138 Å². The summed E-state index contributed by atoms with van der Waals surface area (Å²) >= 11 is 0. The van der Waals surface area contributed by atoms with E-state index in [1.807, 2.05) is 58.0 Å². The maximum atomic E-state index is 12.2. The van der Waals surface area contributed by atoms with Crippen LogP contribution >= 0.6 is 0 Å². The van der Waals surface area contributed by atoms with E-state index < -0.39 is 11.6 Å². The van der Waals surface area contributed by atoms with E-state index in [0.29, 0.717) is 6.54 Å². The lowest BCUT2D eigenvalue weighted by Crippen LogP contribution is -2.44. The molecule has 0 N–H and O–H groups in total. The fourth-order valence-corrected chi connectivity index (χ4v) is 2.06. The van der Waals surface area contributed by atoms with Crippen LogP contribution in [0, 0.1) is 0 Å². The van der Waals surface area contributed by atoms with Gasteiger partial charge in [-0.25, -0.2) is 0 Å². The maximum absolute atomic E-state index is 12.2. The molecule has 0 fully saturated rings. The molecule has 0 saturated carbocycles. The number of likely N-dealkylation sites (N-methyl/N-ethyl adjacent to an activating group) is 1. The average molecular weight is 321 g/mol. The largest absolute Gasteiger partial charge is 0.460 e. The smallest absolute Gasteiger partial charge is 0.323 e. The second-order valence-corrected chi connectivity index (χ2v) is 6.42. The molecule has 0 heterocycles. The highest BCUT2D eigenvalue weighted by atomic mass is 16.6. The molecular weight excluding hydrogens is 294 g/mol. The van der Waals surface area contributed by atoms with Gasteiger partial charge < -0.3 is 9.47 Å². The number of carbonyl (C=O) groups is 2. The van der Waals surface area contributed by atoms with Crippen molar-refractivity contribution in [2.45, 2.75) is 52.9 Å². The van der Waals surface area contributed by atoms with Crippen molar-refractivity contribution in [3.63, 3.8) is 0 Å². The molecule has 0 amide bonds. The molecule has 128 valence electrons. The van der Waals surface area contributed by atoms with Crippen molar-refractivity contribution in [3.05, 3.63) is 35.9 Å². The van der Waals surface area contributed by atoms with Crippen LogP contribution in [0.4, 0.5) is 0 Å². The predicted molar refractivity (Wildman–Crippen MR) is 88.8 cm³/mol. The van der Waals surface area contributed by atoms with E-state index in [1.165, 1.54) is 0 Å². The lowest BCUT2D eigenvalue weighted by molar-refractivity contribution is -0.159. The van der Waals surface area contributed by atoms with Gasteiger partial charge in [-0.3, -0.25) is 14.5 Å². The minimum Gasteiger partial charge on any atom is -0.460 e. The summed E-state index contributed by atoms with van der Waals surface area (Å²) in [6, 6.07) is 9.00. The van der Waals surface area contributed by atoms with Gasteiger partial charge in [0.15, 0.2) is 0 Å². The van der Waals surface area contributed by atoms with E-state index in [4.69, 9.17) is 9.47 Å². The molecule has 0 spiro atoms. The Morgan fingerprint density at radius 1 is 1.17 bits per heavy atom. The van der Waals surface area contributed by atoms with Gasteiger partial charge in [0.25, 0.3) is 0 Å². The first-order chi connectivity index (χ1) is 10.7. The SMILES string of the molecule is CCN(CC(=O)OC(C)(C)C)[C@H](C)C(=O)OCc1ccccc1. The van der Waals surface area contributed by atoms with Gasteiger partial charge in [0.05, 0.1) is 6.54 Å². The summed E-state index contributed by atoms with van der Waals surface area (Å²) in [6.45, 7) is 9.94. The zero-order valence-electron chi connectivity index (χ0n) is 14.7. The number of hydrogen-bond donors (Lipinski definition) is 0. The summed E-state index contributed by atoms with van der Waals surface area (Å²) < 4.78 is 10.6. The van der Waals surface area contributed by atoms with Crippen LogP contribution in [-0.4, -0.2) is 41.6 Å². The molecule has 1 atom stereocenters. The molecule has 1 aromatic carbocycles. The number of carbonyl (C=O) groups excluding carboxylic acids is 2. The second-order valence-electron chi connectivity index (χ2n) is 6.42. The lowest BCUT2D eigenvalue weighted by atomic mass is 10.2. The van der Waals surface area contributed by atoms with Gasteiger partial charge in [-0.2, -0.15) is 0 Å². The lowest BCUT2D eigenvalue weighted by Gasteiger charge is -2.27. The third-order valence-corrected chi connectivity index (χ3v) is 3.27. The van der Waals surface area contributed by atoms with Crippen molar-refractivity contribution in [3.8, 4) is 0 Å². The van der Waals surface area contributed by atoms with E-state index in [2.05, 4.69) is 0 Å². The first kappa shape index (κ1) is 19.2. The third kappa shape index (κ3) is 7.28. The minimum atomic E-state index is -0.534. The number of ether oxygens (including phenoxy) is 2. The fraction of sp³-hybridized carbons (Fsp3) is 0.556. The molecule has 5 nitrogen and oxygen atoms in total. The van der Waals surface area contributed by atoms with E-state index in [1.54, 1.807) is 11.8 Å². The van der Waals surface area contributed by atoms with E-state index in [-0.39, 0.29) is 25.1 Å². The Kier molecular flexibility index (Phi) is 7.23. The highest BCUT2D eigenvalue weighted by Gasteiger charge is 2.25. The Hall–Kier alpha value is -1.88. The maximum Gasteiger partial charge on any atom is 0.323 e. The molecule has 5 heteroatoms. The monoisotopic (exact) mass is 321 g/mol. The summed E-state index contributed by atoms with van der Waals surface area (Å²) in [5, 5.41) is 0. The Morgan fingerprint density at radius 2 is 1.78 bits per heavy atom. The number of rotatable bonds is 7. The molecule has 0 saturated heterocycles. The quantitative estimate of drug-likeness (QED) is 0.723. The molecule has 1 rings (SSSR count). The van der Waals surface area contributed by atoms with Crippen LogP contribution in [0.1, 0.15) is 40.2 Å². The number of benzene rings is 1. The molecule has 0 aliphatic heterocycles. The molecule has 23 heavy (non-hydrogen) atoms. The van der Waals surface area contributed by atoms with Crippen molar-refractivity contribution in [1.29, 1.82) is 0 Å². The van der Waals surface area contributed by atoms with Crippen molar-refractivity contribution < 1.29 is 19.1 Å². The van der Waals surface area contributed by atoms with Crippen LogP contribution in [0.15, 0.2) is 30.3 Å². The molecule has 0 radical (unpaired) electrons. The minimum absolute atomic E-state index is 0.0649. The van der Waals surface area contributed by atoms with Gasteiger partial charge in [-0.15, -0.1) is 0 Å². The van der Waals surface area contributed by atoms with Gasteiger partial charge in [0.2, 0.25) is 0 Å². The van der Waals surface area contributed by atoms with Gasteiger partial charge in [-0.05, 0) is 39.8 Å². The first-order valence-electron chi connectivity index (χ1n) is 7.89. The van der Waals surface area contributed by atoms with E-state index in [0.717, 1.165) is 5.56 Å². The summed E-state index contributed by atoms with van der Waals surface area (Å²) in [4.78, 5) is 25.8. The van der Waals surface area contributed by atoms with E-state index in [9.17, 15) is 9.59 Å². The zero-order valence-corrected chi connectivity index (χ0v) is 14.7. The van der Waals surface area contributed by atoms with Gasteiger partial charge >= 0.3 is 11.9 Å². The summed E-state index contributed by atoms with van der Waals surface area (Å²) in [5.41, 5.74) is 0.399. The molecule has 0 aromatic heterocycles. The normalized spacial score (nSPS) is 12.8. The molecule has 0 aliphatic rings. The summed E-state index contributed by atoms with van der Waals surface area (Å²) in [7, 11) is 0. The molecular formula is C18H27NO4. The number of hydrogen-bond acceptors (Lipinski definition) is 5. The Balaban J connectivity index is 2.52. The zero-order chi connectivity index (χ0) is 17.5. The second kappa shape index (κ2) is 8.67. The predicted octanol–water partition coefficient (Wildman–Crippen LogP) is 2.78. The van der Waals surface area contributed by atoms with Crippen LogP contribution < -0.4 is 0 Å². The molecule has 0 unspecified atom stereocenters. The highest BCUT2D eigenvalue weighted by Crippen LogP contribution is 2.10. The molecule has 1 aromatic rings. The van der Waals surface area contributed by atoms with Gasteiger partial charge in [-0.1, -0.05) is 37.3 Å².